The van der Waals surface area contributed by atoms with Crippen molar-refractivity contribution in [3.05, 3.63) is 59.8 Å². The lowest BCUT2D eigenvalue weighted by atomic mass is 10.2. The van der Waals surface area contributed by atoms with Crippen LogP contribution in [0, 0.1) is 5.82 Å². The summed E-state index contributed by atoms with van der Waals surface area (Å²) in [6, 6.07) is 9.52. The van der Waals surface area contributed by atoms with Gasteiger partial charge in [0.05, 0.1) is 12.8 Å². The van der Waals surface area contributed by atoms with E-state index in [-0.39, 0.29) is 36.9 Å². The lowest BCUT2D eigenvalue weighted by Crippen LogP contribution is -2.47. The number of rotatable bonds is 8. The molecule has 0 spiro atoms. The molecule has 0 atom stereocenters. The first-order valence-corrected chi connectivity index (χ1v) is 9.16. The summed E-state index contributed by atoms with van der Waals surface area (Å²) in [6.45, 7) is 2.98. The van der Waals surface area contributed by atoms with Gasteiger partial charge in [-0.1, -0.05) is 12.1 Å². The van der Waals surface area contributed by atoms with Crippen molar-refractivity contribution in [3.63, 3.8) is 0 Å². The van der Waals surface area contributed by atoms with Gasteiger partial charge in [0, 0.05) is 19.1 Å². The van der Waals surface area contributed by atoms with E-state index in [1.54, 1.807) is 40.3 Å². The Morgan fingerprint density at radius 2 is 1.93 bits per heavy atom. The minimum Gasteiger partial charge on any atom is -0.467 e. The molecule has 0 radical (unpaired) electrons. The van der Waals surface area contributed by atoms with Crippen LogP contribution in [-0.4, -0.2) is 40.9 Å². The third-order valence-corrected chi connectivity index (χ3v) is 4.45. The molecule has 3 amide bonds. The van der Waals surface area contributed by atoms with E-state index >= 15 is 0 Å². The molecule has 1 fully saturated rings. The number of nitrogens with zero attached hydrogens (tertiary/aromatic N) is 2. The molecule has 2 aromatic rings. The zero-order valence-corrected chi connectivity index (χ0v) is 15.4. The number of benzene rings is 1. The van der Waals surface area contributed by atoms with Crippen LogP contribution in [0.25, 0.3) is 0 Å². The third-order valence-electron chi connectivity index (χ3n) is 4.45. The first-order chi connectivity index (χ1) is 13.1. The Morgan fingerprint density at radius 1 is 1.19 bits per heavy atom. The minimum absolute atomic E-state index is 0.0123. The highest BCUT2D eigenvalue weighted by molar-refractivity contribution is 5.84. The average molecular weight is 373 g/mol. The van der Waals surface area contributed by atoms with Crippen molar-refractivity contribution in [1.29, 1.82) is 0 Å². The monoisotopic (exact) mass is 373 g/mol. The van der Waals surface area contributed by atoms with E-state index in [1.807, 2.05) is 6.92 Å². The fourth-order valence-electron chi connectivity index (χ4n) is 2.88. The van der Waals surface area contributed by atoms with Crippen molar-refractivity contribution in [3.8, 4) is 0 Å². The van der Waals surface area contributed by atoms with E-state index < -0.39 is 0 Å². The zero-order valence-electron chi connectivity index (χ0n) is 15.4. The molecule has 7 heteroatoms. The summed E-state index contributed by atoms with van der Waals surface area (Å²) in [7, 11) is 0. The first kappa shape index (κ1) is 18.9. The van der Waals surface area contributed by atoms with Crippen molar-refractivity contribution >= 4 is 11.9 Å². The largest absolute Gasteiger partial charge is 0.467 e. The van der Waals surface area contributed by atoms with E-state index in [0.717, 1.165) is 18.4 Å². The van der Waals surface area contributed by atoms with Gasteiger partial charge in [-0.05, 0) is 49.6 Å². The summed E-state index contributed by atoms with van der Waals surface area (Å²) in [6.07, 6.45) is 3.39. The summed E-state index contributed by atoms with van der Waals surface area (Å²) < 4.78 is 18.5. The predicted molar refractivity (Wildman–Crippen MR) is 98.2 cm³/mol. The Morgan fingerprint density at radius 3 is 2.52 bits per heavy atom. The van der Waals surface area contributed by atoms with E-state index in [0.29, 0.717) is 18.8 Å². The van der Waals surface area contributed by atoms with Gasteiger partial charge in [-0.15, -0.1) is 0 Å². The number of furan rings is 1. The van der Waals surface area contributed by atoms with Crippen molar-refractivity contribution in [2.24, 2.45) is 0 Å². The standard InChI is InChI=1S/C20H24FN3O3/c1-2-22-20(26)24(17-9-10-17)14-19(25)23(13-18-4-3-11-27-18)12-15-5-7-16(21)8-6-15/h3-8,11,17H,2,9-10,12-14H2,1H3,(H,22,26). The molecule has 1 heterocycles. The molecule has 1 aliphatic rings. The second-order valence-corrected chi connectivity index (χ2v) is 6.65. The summed E-state index contributed by atoms with van der Waals surface area (Å²) in [5, 5.41) is 2.77. The van der Waals surface area contributed by atoms with E-state index in [2.05, 4.69) is 5.32 Å². The maximum absolute atomic E-state index is 13.2. The minimum atomic E-state index is -0.321. The van der Waals surface area contributed by atoms with Gasteiger partial charge in [0.1, 0.15) is 18.1 Å². The SMILES string of the molecule is CCNC(=O)N(CC(=O)N(Cc1ccc(F)cc1)Cc1ccco1)C1CC1. The molecule has 0 unspecified atom stereocenters. The molecule has 1 aliphatic carbocycles. The van der Waals surface area contributed by atoms with Crippen LogP contribution in [0.15, 0.2) is 47.1 Å². The van der Waals surface area contributed by atoms with Gasteiger partial charge in [0.2, 0.25) is 5.91 Å². The third kappa shape index (κ3) is 5.32. The van der Waals surface area contributed by atoms with Crippen molar-refractivity contribution in [2.45, 2.75) is 38.9 Å². The number of carbonyl (C=O) groups excluding carboxylic acids is 2. The lowest BCUT2D eigenvalue weighted by molar-refractivity contribution is -0.133. The molecule has 0 saturated heterocycles. The van der Waals surface area contributed by atoms with Crippen LogP contribution in [0.5, 0.6) is 0 Å². The van der Waals surface area contributed by atoms with Crippen LogP contribution in [0.4, 0.5) is 9.18 Å². The number of urea groups is 1. The van der Waals surface area contributed by atoms with Gasteiger partial charge in [-0.3, -0.25) is 4.79 Å². The summed E-state index contributed by atoms with van der Waals surface area (Å²) in [4.78, 5) is 28.5. The molecule has 3 rings (SSSR count). The number of halogens is 1. The second-order valence-electron chi connectivity index (χ2n) is 6.65. The Hall–Kier alpha value is -2.83. The smallest absolute Gasteiger partial charge is 0.318 e. The average Bonchev–Trinajstić information content (AvgIpc) is 3.36. The summed E-state index contributed by atoms with van der Waals surface area (Å²) in [5.74, 6) is 0.161. The Balaban J connectivity index is 1.72. The van der Waals surface area contributed by atoms with Crippen LogP contribution in [0.1, 0.15) is 31.1 Å². The number of hydrogen-bond donors (Lipinski definition) is 1. The molecular weight excluding hydrogens is 349 g/mol. The molecule has 1 aromatic heterocycles. The molecule has 6 nitrogen and oxygen atoms in total. The maximum Gasteiger partial charge on any atom is 0.318 e. The Bertz CT molecular complexity index is 757. The quantitative estimate of drug-likeness (QED) is 0.773. The maximum atomic E-state index is 13.2. The molecule has 1 saturated carbocycles. The van der Waals surface area contributed by atoms with E-state index in [4.69, 9.17) is 4.42 Å². The highest BCUT2D eigenvalue weighted by atomic mass is 19.1. The summed E-state index contributed by atoms with van der Waals surface area (Å²) in [5.41, 5.74) is 0.812. The predicted octanol–water partition coefficient (Wildman–Crippen LogP) is 3.14. The highest BCUT2D eigenvalue weighted by Gasteiger charge is 2.34. The Labute approximate surface area is 157 Å². The number of hydrogen-bond acceptors (Lipinski definition) is 3. The molecule has 0 bridgehead atoms. The fraction of sp³-hybridized carbons (Fsp3) is 0.400. The topological polar surface area (TPSA) is 65.8 Å². The van der Waals surface area contributed by atoms with Crippen LogP contribution in [0.2, 0.25) is 0 Å². The van der Waals surface area contributed by atoms with Gasteiger partial charge in [-0.2, -0.15) is 0 Å². The van der Waals surface area contributed by atoms with Crippen LogP contribution in [-0.2, 0) is 17.9 Å². The van der Waals surface area contributed by atoms with Gasteiger partial charge < -0.3 is 19.5 Å². The Kier molecular flexibility index (Phi) is 6.11. The van der Waals surface area contributed by atoms with Gasteiger partial charge >= 0.3 is 6.03 Å². The molecule has 1 aromatic carbocycles. The van der Waals surface area contributed by atoms with Gasteiger partial charge in [0.15, 0.2) is 0 Å². The second kappa shape index (κ2) is 8.70. The van der Waals surface area contributed by atoms with Crippen molar-refractivity contribution in [1.82, 2.24) is 15.1 Å². The van der Waals surface area contributed by atoms with Crippen LogP contribution in [0.3, 0.4) is 0 Å². The summed E-state index contributed by atoms with van der Waals surface area (Å²) >= 11 is 0. The molecule has 1 N–H and O–H groups in total. The highest BCUT2D eigenvalue weighted by Crippen LogP contribution is 2.27. The van der Waals surface area contributed by atoms with Crippen LogP contribution < -0.4 is 5.32 Å². The van der Waals surface area contributed by atoms with Crippen molar-refractivity contribution < 1.29 is 18.4 Å². The molecule has 144 valence electrons. The fourth-order valence-corrected chi connectivity index (χ4v) is 2.88. The van der Waals surface area contributed by atoms with Gasteiger partial charge in [0.25, 0.3) is 0 Å². The first-order valence-electron chi connectivity index (χ1n) is 9.16. The van der Waals surface area contributed by atoms with E-state index in [9.17, 15) is 14.0 Å². The molecule has 27 heavy (non-hydrogen) atoms. The number of nitrogens with one attached hydrogen (secondary N) is 1. The lowest BCUT2D eigenvalue weighted by Gasteiger charge is -2.27. The van der Waals surface area contributed by atoms with Crippen LogP contribution >= 0.6 is 0 Å². The van der Waals surface area contributed by atoms with E-state index in [1.165, 1.54) is 12.1 Å². The normalized spacial score (nSPS) is 13.3. The molecule has 0 aliphatic heterocycles. The van der Waals surface area contributed by atoms with Crippen molar-refractivity contribution in [2.75, 3.05) is 13.1 Å². The molecular formula is C20H24FN3O3. The number of carbonyl (C=O) groups is 2. The van der Waals surface area contributed by atoms with Gasteiger partial charge in [-0.25, -0.2) is 9.18 Å². The number of amides is 3. The zero-order chi connectivity index (χ0) is 19.2.